The predicted molar refractivity (Wildman–Crippen MR) is 137 cm³/mol. The zero-order chi connectivity index (χ0) is 25.7. The lowest BCUT2D eigenvalue weighted by Crippen LogP contribution is -2.33. The summed E-state index contributed by atoms with van der Waals surface area (Å²) in [6.45, 7) is 6.38. The van der Waals surface area contributed by atoms with Gasteiger partial charge in [-0.15, -0.1) is 5.10 Å². The van der Waals surface area contributed by atoms with E-state index >= 15 is 0 Å². The van der Waals surface area contributed by atoms with Gasteiger partial charge in [-0.1, -0.05) is 44.2 Å². The summed E-state index contributed by atoms with van der Waals surface area (Å²) in [5, 5.41) is 4.61. The van der Waals surface area contributed by atoms with E-state index in [2.05, 4.69) is 23.9 Å². The van der Waals surface area contributed by atoms with E-state index in [0.717, 1.165) is 28.2 Å². The number of aryl methyl sites for hydroxylation is 1. The molecule has 0 fully saturated rings. The van der Waals surface area contributed by atoms with Crippen molar-refractivity contribution in [3.05, 3.63) is 88.7 Å². The molecule has 0 radical (unpaired) electrons. The third-order valence-electron chi connectivity index (χ3n) is 7.01. The number of benzene rings is 2. The van der Waals surface area contributed by atoms with Crippen LogP contribution in [-0.2, 0) is 11.4 Å². The molecule has 37 heavy (non-hydrogen) atoms. The molecule has 0 bridgehead atoms. The molecule has 2 aromatic heterocycles. The van der Waals surface area contributed by atoms with E-state index in [-0.39, 0.29) is 23.7 Å². The fraction of sp³-hybridized carbons (Fsp3) is 0.310. The van der Waals surface area contributed by atoms with Gasteiger partial charge in [0.05, 0.1) is 12.7 Å². The monoisotopic (exact) mass is 496 g/mol. The Kier molecular flexibility index (Phi) is 5.47. The summed E-state index contributed by atoms with van der Waals surface area (Å²) in [4.78, 5) is 23.0. The number of hydrogen-bond acceptors (Lipinski definition) is 7. The average Bonchev–Trinajstić information content (AvgIpc) is 3.30. The molecule has 2 aliphatic rings. The van der Waals surface area contributed by atoms with Gasteiger partial charge in [-0.05, 0) is 41.7 Å². The van der Waals surface area contributed by atoms with Crippen molar-refractivity contribution in [2.24, 2.45) is 5.41 Å². The lowest BCUT2D eigenvalue weighted by molar-refractivity contribution is -0.118. The van der Waals surface area contributed by atoms with Gasteiger partial charge in [-0.3, -0.25) is 4.79 Å². The largest absolute Gasteiger partial charge is 0.497 e. The number of rotatable bonds is 5. The summed E-state index contributed by atoms with van der Waals surface area (Å²) in [5.74, 6) is 2.90. The van der Waals surface area contributed by atoms with Gasteiger partial charge in [0.25, 0.3) is 0 Å². The number of hydrogen-bond donors (Lipinski definition) is 0. The number of allylic oxidation sites excluding steroid dienone is 2. The fourth-order valence-electron chi connectivity index (χ4n) is 5.24. The van der Waals surface area contributed by atoms with Crippen LogP contribution in [0.1, 0.15) is 55.1 Å². The van der Waals surface area contributed by atoms with Crippen molar-refractivity contribution in [3.63, 3.8) is 0 Å². The number of nitrogens with zero attached hydrogens (tertiary/aromatic N) is 4. The minimum atomic E-state index is -0.376. The highest BCUT2D eigenvalue weighted by Gasteiger charge is 2.44. The van der Waals surface area contributed by atoms with Crippen LogP contribution in [0.2, 0.25) is 0 Å². The smallest absolute Gasteiger partial charge is 0.228 e. The number of aromatic nitrogens is 4. The Morgan fingerprint density at radius 2 is 1.89 bits per heavy atom. The van der Waals surface area contributed by atoms with Gasteiger partial charge < -0.3 is 14.2 Å². The van der Waals surface area contributed by atoms with E-state index in [1.54, 1.807) is 18.0 Å². The molecule has 4 aromatic rings. The summed E-state index contributed by atoms with van der Waals surface area (Å²) in [7, 11) is 1.64. The highest BCUT2D eigenvalue weighted by molar-refractivity contribution is 6.00. The Bertz CT molecular complexity index is 1550. The quantitative estimate of drug-likeness (QED) is 0.376. The van der Waals surface area contributed by atoms with Gasteiger partial charge in [0.1, 0.15) is 30.2 Å². The molecule has 188 valence electrons. The van der Waals surface area contributed by atoms with Gasteiger partial charge in [-0.2, -0.15) is 0 Å². The van der Waals surface area contributed by atoms with Crippen LogP contribution in [0.4, 0.5) is 0 Å². The first kappa shape index (κ1) is 23.2. The molecule has 2 aromatic carbocycles. The van der Waals surface area contributed by atoms with Crippen molar-refractivity contribution in [2.45, 2.75) is 46.1 Å². The lowest BCUT2D eigenvalue weighted by atomic mass is 9.70. The average molecular weight is 497 g/mol. The van der Waals surface area contributed by atoms with Gasteiger partial charge >= 0.3 is 0 Å². The maximum absolute atomic E-state index is 13.5. The topological polar surface area (TPSA) is 87.8 Å². The second-order valence-corrected chi connectivity index (χ2v) is 10.4. The molecule has 0 saturated heterocycles. The highest BCUT2D eigenvalue weighted by atomic mass is 16.5. The molecule has 1 aliphatic carbocycles. The summed E-state index contributed by atoms with van der Waals surface area (Å²) in [6.07, 6.45) is 2.72. The zero-order valence-corrected chi connectivity index (χ0v) is 21.3. The lowest BCUT2D eigenvalue weighted by Gasteiger charge is -2.37. The normalized spacial score (nSPS) is 18.3. The molecule has 0 spiro atoms. The summed E-state index contributed by atoms with van der Waals surface area (Å²) >= 11 is 0. The van der Waals surface area contributed by atoms with E-state index in [9.17, 15) is 4.79 Å². The Hall–Kier alpha value is -4.20. The molecule has 6 rings (SSSR count). The van der Waals surface area contributed by atoms with E-state index in [1.165, 1.54) is 0 Å². The minimum absolute atomic E-state index is 0.0855. The first-order valence-electron chi connectivity index (χ1n) is 12.3. The Morgan fingerprint density at radius 1 is 1.11 bits per heavy atom. The van der Waals surface area contributed by atoms with Crippen molar-refractivity contribution >= 4 is 11.4 Å². The number of Topliss-reactive ketones (excluding diaryl/α,β-unsaturated/α-hetero) is 1. The van der Waals surface area contributed by atoms with Crippen molar-refractivity contribution < 1.29 is 19.0 Å². The second-order valence-electron chi connectivity index (χ2n) is 10.4. The van der Waals surface area contributed by atoms with Gasteiger partial charge in [0, 0.05) is 24.3 Å². The molecule has 1 unspecified atom stereocenters. The van der Waals surface area contributed by atoms with Crippen molar-refractivity contribution in [3.8, 4) is 17.4 Å². The molecular formula is C29H28N4O4. The molecule has 0 saturated carbocycles. The molecule has 0 amide bonds. The van der Waals surface area contributed by atoms with Crippen LogP contribution in [0.5, 0.6) is 17.4 Å². The molecular weight excluding hydrogens is 468 g/mol. The van der Waals surface area contributed by atoms with E-state index in [4.69, 9.17) is 19.2 Å². The van der Waals surface area contributed by atoms with Gasteiger partial charge in [-0.25, -0.2) is 14.5 Å². The maximum Gasteiger partial charge on any atom is 0.228 e. The first-order chi connectivity index (χ1) is 17.8. The van der Waals surface area contributed by atoms with E-state index in [0.29, 0.717) is 41.5 Å². The summed E-state index contributed by atoms with van der Waals surface area (Å²) in [6, 6.07) is 15.6. The van der Waals surface area contributed by atoms with Crippen LogP contribution in [0.15, 0.2) is 66.2 Å². The van der Waals surface area contributed by atoms with Crippen LogP contribution in [-0.4, -0.2) is 32.5 Å². The number of methoxy groups -OCH3 is 1. The number of carbonyl (C=O) groups excluding carboxylic acids is 1. The Labute approximate surface area is 214 Å². The zero-order valence-electron chi connectivity index (χ0n) is 21.3. The van der Waals surface area contributed by atoms with Crippen LogP contribution in [0.3, 0.4) is 0 Å². The third-order valence-corrected chi connectivity index (χ3v) is 7.01. The summed E-state index contributed by atoms with van der Waals surface area (Å²) < 4.78 is 19.3. The molecule has 1 aliphatic heterocycles. The van der Waals surface area contributed by atoms with Crippen LogP contribution >= 0.6 is 0 Å². The molecule has 8 nitrogen and oxygen atoms in total. The van der Waals surface area contributed by atoms with Crippen LogP contribution in [0.25, 0.3) is 5.65 Å². The highest BCUT2D eigenvalue weighted by Crippen LogP contribution is 2.50. The number of carbonyl (C=O) groups is 1. The Morgan fingerprint density at radius 3 is 2.65 bits per heavy atom. The van der Waals surface area contributed by atoms with Crippen LogP contribution < -0.4 is 14.2 Å². The predicted octanol–water partition coefficient (Wildman–Crippen LogP) is 5.19. The molecule has 0 N–H and O–H groups in total. The fourth-order valence-corrected chi connectivity index (χ4v) is 5.24. The van der Waals surface area contributed by atoms with Crippen molar-refractivity contribution in [1.29, 1.82) is 0 Å². The van der Waals surface area contributed by atoms with Crippen molar-refractivity contribution in [1.82, 2.24) is 19.6 Å². The SMILES string of the molecule is COc1ccc(C2C3=C(CC(C)(C)CC3=O)Oc3ncn4nc(COc5ccccc5C)nc4c32)cc1. The first-order valence-corrected chi connectivity index (χ1v) is 12.3. The van der Waals surface area contributed by atoms with Gasteiger partial charge in [0.2, 0.25) is 5.88 Å². The maximum atomic E-state index is 13.5. The Balaban J connectivity index is 1.46. The van der Waals surface area contributed by atoms with Crippen molar-refractivity contribution in [2.75, 3.05) is 7.11 Å². The number of fused-ring (bicyclic) bond motifs is 3. The number of ether oxygens (including phenoxy) is 3. The summed E-state index contributed by atoms with van der Waals surface area (Å²) in [5.41, 5.74) is 3.80. The van der Waals surface area contributed by atoms with Crippen LogP contribution in [0, 0.1) is 12.3 Å². The third kappa shape index (κ3) is 4.12. The molecule has 8 heteroatoms. The molecule has 1 atom stereocenters. The number of para-hydroxylation sites is 1. The van der Waals surface area contributed by atoms with E-state index < -0.39 is 0 Å². The standard InChI is InChI=1S/C29H28N4O4/c1-17-7-5-6-8-21(17)36-15-23-31-27-26-24(18-9-11-19(35-4)12-10-18)25-20(34)13-29(2,3)14-22(25)37-28(26)30-16-33(27)32-23/h5-12,16,24H,13-15H2,1-4H3. The number of ketones is 1. The minimum Gasteiger partial charge on any atom is -0.497 e. The second kappa shape index (κ2) is 8.73. The molecule has 3 heterocycles. The van der Waals surface area contributed by atoms with Gasteiger partial charge in [0.15, 0.2) is 17.3 Å². The van der Waals surface area contributed by atoms with E-state index in [1.807, 2.05) is 55.5 Å².